The summed E-state index contributed by atoms with van der Waals surface area (Å²) in [5.41, 5.74) is 1.03. The second kappa shape index (κ2) is 8.09. The molecule has 1 aliphatic heterocycles. The highest BCUT2D eigenvalue weighted by Gasteiger charge is 2.45. The minimum absolute atomic E-state index is 0.0819. The van der Waals surface area contributed by atoms with E-state index in [9.17, 15) is 16.8 Å². The van der Waals surface area contributed by atoms with Crippen LogP contribution in [0.1, 0.15) is 5.56 Å². The highest BCUT2D eigenvalue weighted by molar-refractivity contribution is 7.96. The molecule has 0 amide bonds. The predicted octanol–water partition coefficient (Wildman–Crippen LogP) is 2.77. The van der Waals surface area contributed by atoms with Gasteiger partial charge in [-0.1, -0.05) is 35.3 Å². The van der Waals surface area contributed by atoms with Crippen LogP contribution >= 0.6 is 23.2 Å². The average molecular weight is 448 g/mol. The molecule has 2 aromatic carbocycles. The van der Waals surface area contributed by atoms with Gasteiger partial charge in [-0.15, -0.1) is 0 Å². The molecular weight excluding hydrogens is 429 g/mol. The summed E-state index contributed by atoms with van der Waals surface area (Å²) in [6.45, 7) is 0.467. The molecule has 3 rings (SSSR count). The normalized spacial score (nSPS) is 22.0. The monoisotopic (exact) mass is 447 g/mol. The molecule has 1 N–H and O–H groups in total. The Labute approximate surface area is 169 Å². The molecule has 9 heteroatoms. The molecule has 146 valence electrons. The first-order valence-electron chi connectivity index (χ1n) is 8.35. The van der Waals surface area contributed by atoms with Gasteiger partial charge in [0.15, 0.2) is 19.7 Å². The van der Waals surface area contributed by atoms with Gasteiger partial charge in [0.25, 0.3) is 0 Å². The topological polar surface area (TPSA) is 80.3 Å². The maximum absolute atomic E-state index is 13.0. The summed E-state index contributed by atoms with van der Waals surface area (Å²) in [5, 5.41) is 3.16. The molecule has 0 bridgehead atoms. The molecule has 0 spiro atoms. The van der Waals surface area contributed by atoms with Gasteiger partial charge >= 0.3 is 0 Å². The van der Waals surface area contributed by atoms with Crippen LogP contribution in [-0.2, 0) is 26.1 Å². The fraction of sp³-hybridized carbons (Fsp3) is 0.333. The maximum atomic E-state index is 13.0. The lowest BCUT2D eigenvalue weighted by Gasteiger charge is -2.20. The number of rotatable bonds is 6. The van der Waals surface area contributed by atoms with Crippen molar-refractivity contribution in [2.24, 2.45) is 0 Å². The summed E-state index contributed by atoms with van der Waals surface area (Å²) in [5.74, 6) is -0.568. The SMILES string of the molecule is O=S1(=O)C[C@H](NCCc2ccc(Cl)cc2)[C@@H](S(=O)(=O)c2ccc(Cl)cc2)C1. The maximum Gasteiger partial charge on any atom is 0.183 e. The third-order valence-corrected chi connectivity index (χ3v) is 9.25. The van der Waals surface area contributed by atoms with Gasteiger partial charge in [-0.25, -0.2) is 16.8 Å². The first kappa shape index (κ1) is 20.6. The fourth-order valence-electron chi connectivity index (χ4n) is 3.16. The Morgan fingerprint density at radius 3 is 2.07 bits per heavy atom. The Morgan fingerprint density at radius 1 is 0.926 bits per heavy atom. The van der Waals surface area contributed by atoms with Crippen LogP contribution in [-0.4, -0.2) is 46.2 Å². The molecule has 1 heterocycles. The van der Waals surface area contributed by atoms with E-state index in [2.05, 4.69) is 5.32 Å². The van der Waals surface area contributed by atoms with Crippen molar-refractivity contribution in [2.45, 2.75) is 22.6 Å². The number of hydrogen-bond acceptors (Lipinski definition) is 5. The van der Waals surface area contributed by atoms with E-state index in [1.807, 2.05) is 12.1 Å². The molecule has 0 radical (unpaired) electrons. The van der Waals surface area contributed by atoms with Crippen molar-refractivity contribution in [3.63, 3.8) is 0 Å². The summed E-state index contributed by atoms with van der Waals surface area (Å²) in [6, 6.07) is 12.5. The highest BCUT2D eigenvalue weighted by atomic mass is 35.5. The van der Waals surface area contributed by atoms with Gasteiger partial charge in [-0.3, -0.25) is 0 Å². The van der Waals surface area contributed by atoms with Crippen LogP contribution in [0.15, 0.2) is 53.4 Å². The summed E-state index contributed by atoms with van der Waals surface area (Å²) in [6.07, 6.45) is 0.640. The van der Waals surface area contributed by atoms with Crippen LogP contribution in [0.3, 0.4) is 0 Å². The van der Waals surface area contributed by atoms with Crippen LogP contribution in [0.5, 0.6) is 0 Å². The van der Waals surface area contributed by atoms with E-state index in [0.29, 0.717) is 23.0 Å². The van der Waals surface area contributed by atoms with Crippen molar-refractivity contribution in [3.8, 4) is 0 Å². The van der Waals surface area contributed by atoms with E-state index in [1.165, 1.54) is 24.3 Å². The van der Waals surface area contributed by atoms with Gasteiger partial charge in [0.2, 0.25) is 0 Å². The van der Waals surface area contributed by atoms with Gasteiger partial charge in [0.05, 0.1) is 21.7 Å². The van der Waals surface area contributed by atoms with E-state index in [0.717, 1.165) is 5.56 Å². The Kier molecular flexibility index (Phi) is 6.17. The number of sulfone groups is 2. The van der Waals surface area contributed by atoms with E-state index >= 15 is 0 Å². The summed E-state index contributed by atoms with van der Waals surface area (Å²) < 4.78 is 50.1. The molecule has 0 saturated carbocycles. The second-order valence-electron chi connectivity index (χ2n) is 6.55. The molecule has 2 atom stereocenters. The number of hydrogen-bond donors (Lipinski definition) is 1. The summed E-state index contributed by atoms with van der Waals surface area (Å²) >= 11 is 11.7. The molecule has 5 nitrogen and oxygen atoms in total. The molecule has 0 aliphatic carbocycles. The third kappa shape index (κ3) is 5.03. The van der Waals surface area contributed by atoms with Gasteiger partial charge in [0.1, 0.15) is 0 Å². The van der Waals surface area contributed by atoms with Crippen LogP contribution in [0.2, 0.25) is 10.0 Å². The minimum Gasteiger partial charge on any atom is -0.311 e. The highest BCUT2D eigenvalue weighted by Crippen LogP contribution is 2.27. The van der Waals surface area contributed by atoms with Crippen molar-refractivity contribution < 1.29 is 16.8 Å². The standard InChI is InChI=1S/C18H19Cl2NO4S2/c19-14-3-1-13(2-4-14)9-10-21-17-11-26(22,23)12-18(17)27(24,25)16-7-5-15(20)6-8-16/h1-8,17-18,21H,9-12H2/t17-,18-/m0/s1. The van der Waals surface area contributed by atoms with E-state index in [4.69, 9.17) is 23.2 Å². The molecular formula is C18H19Cl2NO4S2. The Bertz CT molecular complexity index is 1000. The number of benzene rings is 2. The zero-order chi connectivity index (χ0) is 19.7. The van der Waals surface area contributed by atoms with Crippen molar-refractivity contribution in [1.29, 1.82) is 0 Å². The van der Waals surface area contributed by atoms with E-state index in [1.54, 1.807) is 12.1 Å². The van der Waals surface area contributed by atoms with Gasteiger partial charge < -0.3 is 5.32 Å². The zero-order valence-electron chi connectivity index (χ0n) is 14.3. The molecule has 27 heavy (non-hydrogen) atoms. The number of halogens is 2. The zero-order valence-corrected chi connectivity index (χ0v) is 17.5. The minimum atomic E-state index is -3.79. The van der Waals surface area contributed by atoms with E-state index < -0.39 is 31.0 Å². The first-order valence-corrected chi connectivity index (χ1v) is 12.5. The lowest BCUT2D eigenvalue weighted by molar-refractivity contribution is 0.528. The van der Waals surface area contributed by atoms with Gasteiger partial charge in [-0.05, 0) is 54.9 Å². The van der Waals surface area contributed by atoms with Gasteiger partial charge in [-0.2, -0.15) is 0 Å². The molecule has 1 fully saturated rings. The Balaban J connectivity index is 1.74. The van der Waals surface area contributed by atoms with Crippen LogP contribution < -0.4 is 5.32 Å². The van der Waals surface area contributed by atoms with Crippen molar-refractivity contribution in [3.05, 3.63) is 64.1 Å². The van der Waals surface area contributed by atoms with Crippen molar-refractivity contribution >= 4 is 42.9 Å². The fourth-order valence-corrected chi connectivity index (χ4v) is 8.13. The Morgan fingerprint density at radius 2 is 1.48 bits per heavy atom. The van der Waals surface area contributed by atoms with Crippen molar-refractivity contribution in [1.82, 2.24) is 5.32 Å². The van der Waals surface area contributed by atoms with Gasteiger partial charge in [0, 0.05) is 16.1 Å². The lowest BCUT2D eigenvalue weighted by Crippen LogP contribution is -2.44. The van der Waals surface area contributed by atoms with Crippen LogP contribution in [0, 0.1) is 0 Å². The second-order valence-corrected chi connectivity index (χ2v) is 11.7. The molecule has 0 aromatic heterocycles. The average Bonchev–Trinajstić information content (AvgIpc) is 2.92. The first-order chi connectivity index (χ1) is 12.7. The van der Waals surface area contributed by atoms with Crippen LogP contribution in [0.25, 0.3) is 0 Å². The molecule has 1 aliphatic rings. The summed E-state index contributed by atoms with van der Waals surface area (Å²) in [7, 11) is -7.22. The van der Waals surface area contributed by atoms with Crippen molar-refractivity contribution in [2.75, 3.05) is 18.1 Å². The Hall–Kier alpha value is -1.12. The lowest BCUT2D eigenvalue weighted by atomic mass is 10.1. The molecule has 0 unspecified atom stereocenters. The number of nitrogens with one attached hydrogen (secondary N) is 1. The third-order valence-electron chi connectivity index (χ3n) is 4.57. The molecule has 2 aromatic rings. The van der Waals surface area contributed by atoms with Crippen LogP contribution in [0.4, 0.5) is 0 Å². The largest absolute Gasteiger partial charge is 0.311 e. The van der Waals surface area contributed by atoms with E-state index in [-0.39, 0.29) is 16.4 Å². The predicted molar refractivity (Wildman–Crippen MR) is 108 cm³/mol. The smallest absolute Gasteiger partial charge is 0.183 e. The summed E-state index contributed by atoms with van der Waals surface area (Å²) in [4.78, 5) is 0.0819. The molecule has 1 saturated heterocycles. The quantitative estimate of drug-likeness (QED) is 0.735.